The summed E-state index contributed by atoms with van der Waals surface area (Å²) in [5.74, 6) is 0.347. The van der Waals surface area contributed by atoms with Gasteiger partial charge in [-0.25, -0.2) is 0 Å². The normalized spacial score (nSPS) is 16.5. The third-order valence-corrected chi connectivity index (χ3v) is 5.82. The summed E-state index contributed by atoms with van der Waals surface area (Å²) >= 11 is 6.44. The summed E-state index contributed by atoms with van der Waals surface area (Å²) in [5.41, 5.74) is 5.23. The van der Waals surface area contributed by atoms with Crippen molar-refractivity contribution in [2.45, 2.75) is 19.3 Å². The average Bonchev–Trinajstić information content (AvgIpc) is 2.66. The minimum atomic E-state index is 0.347. The van der Waals surface area contributed by atoms with Gasteiger partial charge in [0.2, 0.25) is 0 Å². The third-order valence-electron chi connectivity index (χ3n) is 5.60. The van der Waals surface area contributed by atoms with Crippen molar-refractivity contribution in [1.82, 2.24) is 0 Å². The van der Waals surface area contributed by atoms with Crippen molar-refractivity contribution in [2.75, 3.05) is 11.9 Å². The van der Waals surface area contributed by atoms with Crippen molar-refractivity contribution in [2.24, 2.45) is 0 Å². The molecule has 128 valence electrons. The van der Waals surface area contributed by atoms with Crippen LogP contribution in [0.25, 0.3) is 21.5 Å². The monoisotopic (exact) mass is 357 g/mol. The van der Waals surface area contributed by atoms with Gasteiger partial charge in [0.05, 0.1) is 0 Å². The van der Waals surface area contributed by atoms with Crippen molar-refractivity contribution >= 4 is 38.8 Å². The molecule has 1 N–H and O–H groups in total. The summed E-state index contributed by atoms with van der Waals surface area (Å²) in [5, 5.41) is 9.72. The topological polar surface area (TPSA) is 12.0 Å². The van der Waals surface area contributed by atoms with Crippen LogP contribution in [0, 0.1) is 6.92 Å². The molecule has 26 heavy (non-hydrogen) atoms. The van der Waals surface area contributed by atoms with Crippen molar-refractivity contribution in [1.29, 1.82) is 0 Å². The summed E-state index contributed by atoms with van der Waals surface area (Å²) < 4.78 is 0. The maximum Gasteiger partial charge on any atom is 0.0413 e. The molecule has 1 nitrogen and oxygen atoms in total. The number of anilines is 1. The first kappa shape index (κ1) is 15.7. The van der Waals surface area contributed by atoms with Crippen LogP contribution in [0.1, 0.15) is 29.0 Å². The van der Waals surface area contributed by atoms with Crippen LogP contribution in [-0.4, -0.2) is 6.54 Å². The van der Waals surface area contributed by atoms with E-state index in [1.807, 2.05) is 0 Å². The zero-order valence-corrected chi connectivity index (χ0v) is 15.5. The van der Waals surface area contributed by atoms with Crippen LogP contribution in [-0.2, 0) is 0 Å². The Hall–Kier alpha value is -2.51. The first-order valence-electron chi connectivity index (χ1n) is 9.16. The van der Waals surface area contributed by atoms with Gasteiger partial charge >= 0.3 is 0 Å². The molecule has 1 unspecified atom stereocenters. The van der Waals surface area contributed by atoms with Gasteiger partial charge in [-0.15, -0.1) is 0 Å². The van der Waals surface area contributed by atoms with E-state index < -0.39 is 0 Å². The fourth-order valence-corrected chi connectivity index (χ4v) is 4.79. The molecule has 1 atom stereocenters. The smallest absolute Gasteiger partial charge is 0.0413 e. The second-order valence-corrected chi connectivity index (χ2v) is 7.62. The fraction of sp³-hybridized carbons (Fsp3) is 0.167. The quantitative estimate of drug-likeness (QED) is 0.365. The number of fused-ring (bicyclic) bond motifs is 3. The fourth-order valence-electron chi connectivity index (χ4n) is 4.51. The molecule has 0 spiro atoms. The van der Waals surface area contributed by atoms with E-state index in [1.54, 1.807) is 0 Å². The van der Waals surface area contributed by atoms with Crippen molar-refractivity contribution < 1.29 is 0 Å². The Balaban J connectivity index is 1.88. The molecule has 1 aliphatic heterocycles. The lowest BCUT2D eigenvalue weighted by molar-refractivity contribution is 0.728. The van der Waals surface area contributed by atoms with Crippen LogP contribution >= 0.6 is 11.6 Å². The summed E-state index contributed by atoms with van der Waals surface area (Å²) in [6.07, 6.45) is 1.07. The van der Waals surface area contributed by atoms with Crippen LogP contribution in [0.3, 0.4) is 0 Å². The predicted octanol–water partition coefficient (Wildman–Crippen LogP) is 6.90. The number of aryl methyl sites for hydroxylation is 1. The van der Waals surface area contributed by atoms with Crippen molar-refractivity contribution in [3.8, 4) is 0 Å². The highest BCUT2D eigenvalue weighted by molar-refractivity contribution is 6.30. The van der Waals surface area contributed by atoms with E-state index in [4.69, 9.17) is 11.6 Å². The number of halogens is 1. The Bertz CT molecular complexity index is 1090. The molecule has 0 aliphatic carbocycles. The zero-order valence-electron chi connectivity index (χ0n) is 14.7. The molecule has 5 rings (SSSR count). The molecule has 0 fully saturated rings. The van der Waals surface area contributed by atoms with E-state index in [2.05, 4.69) is 79.0 Å². The predicted molar refractivity (Wildman–Crippen MR) is 113 cm³/mol. The van der Waals surface area contributed by atoms with Gasteiger partial charge in [0.25, 0.3) is 0 Å². The Morgan fingerprint density at radius 3 is 2.23 bits per heavy atom. The molecule has 0 aromatic heterocycles. The standard InChI is InChI=1S/C24H20ClN/c1-15-12-18(25)14-22-21(10-11-26-24(15)22)23-19-8-4-2-6-16(19)13-17-7-3-5-9-20(17)23/h2-9,12-14,21,26H,10-11H2,1H3. The van der Waals surface area contributed by atoms with Crippen LogP contribution in [0.15, 0.2) is 66.7 Å². The molecule has 0 radical (unpaired) electrons. The Labute approximate surface area is 158 Å². The van der Waals surface area contributed by atoms with Crippen LogP contribution in [0.4, 0.5) is 5.69 Å². The van der Waals surface area contributed by atoms with Crippen molar-refractivity contribution in [3.63, 3.8) is 0 Å². The van der Waals surface area contributed by atoms with E-state index in [0.717, 1.165) is 18.0 Å². The van der Waals surface area contributed by atoms with E-state index >= 15 is 0 Å². The minimum Gasteiger partial charge on any atom is -0.385 e. The summed E-state index contributed by atoms with van der Waals surface area (Å²) in [6.45, 7) is 3.12. The molecule has 4 aromatic carbocycles. The SMILES string of the molecule is Cc1cc(Cl)cc2c1NCCC2c1c2ccccc2cc2ccccc12. The first-order chi connectivity index (χ1) is 12.7. The van der Waals surface area contributed by atoms with Crippen LogP contribution in [0.2, 0.25) is 5.02 Å². The zero-order chi connectivity index (χ0) is 17.7. The maximum absolute atomic E-state index is 6.44. The molecule has 0 saturated carbocycles. The second-order valence-electron chi connectivity index (χ2n) is 7.19. The van der Waals surface area contributed by atoms with Gasteiger partial charge in [-0.05, 0) is 69.8 Å². The number of benzene rings is 4. The highest BCUT2D eigenvalue weighted by atomic mass is 35.5. The summed E-state index contributed by atoms with van der Waals surface area (Å²) in [7, 11) is 0. The lowest BCUT2D eigenvalue weighted by Crippen LogP contribution is -2.19. The first-order valence-corrected chi connectivity index (χ1v) is 9.54. The number of rotatable bonds is 1. The van der Waals surface area contributed by atoms with E-state index in [0.29, 0.717) is 5.92 Å². The molecule has 1 heterocycles. The minimum absolute atomic E-state index is 0.347. The van der Waals surface area contributed by atoms with E-state index in [1.165, 1.54) is 43.9 Å². The van der Waals surface area contributed by atoms with Crippen LogP contribution in [0.5, 0.6) is 0 Å². The summed E-state index contributed by atoms with van der Waals surface area (Å²) in [6, 6.07) is 24.0. The van der Waals surface area contributed by atoms with Crippen LogP contribution < -0.4 is 5.32 Å². The van der Waals surface area contributed by atoms with Gasteiger partial charge in [-0.3, -0.25) is 0 Å². The van der Waals surface area contributed by atoms with Gasteiger partial charge in [-0.2, -0.15) is 0 Å². The second kappa shape index (κ2) is 6.03. The number of hydrogen-bond acceptors (Lipinski definition) is 1. The summed E-state index contributed by atoms with van der Waals surface area (Å²) in [4.78, 5) is 0. The van der Waals surface area contributed by atoms with Gasteiger partial charge < -0.3 is 5.32 Å². The third kappa shape index (κ3) is 2.39. The molecular formula is C24H20ClN. The molecule has 0 amide bonds. The molecule has 0 saturated heterocycles. The molecule has 0 bridgehead atoms. The van der Waals surface area contributed by atoms with Gasteiger partial charge in [0.15, 0.2) is 0 Å². The highest BCUT2D eigenvalue weighted by Crippen LogP contribution is 2.44. The van der Waals surface area contributed by atoms with E-state index in [9.17, 15) is 0 Å². The lowest BCUT2D eigenvalue weighted by atomic mass is 9.79. The van der Waals surface area contributed by atoms with E-state index in [-0.39, 0.29) is 0 Å². The van der Waals surface area contributed by atoms with Gasteiger partial charge in [-0.1, -0.05) is 60.1 Å². The Morgan fingerprint density at radius 2 is 1.54 bits per heavy atom. The molecule has 4 aromatic rings. The Kier molecular flexibility index (Phi) is 3.65. The lowest BCUT2D eigenvalue weighted by Gasteiger charge is -2.30. The largest absolute Gasteiger partial charge is 0.385 e. The van der Waals surface area contributed by atoms with Gasteiger partial charge in [0.1, 0.15) is 0 Å². The molecule has 2 heteroatoms. The number of nitrogens with one attached hydrogen (secondary N) is 1. The highest BCUT2D eigenvalue weighted by Gasteiger charge is 2.26. The molecular weight excluding hydrogens is 338 g/mol. The molecule has 1 aliphatic rings. The van der Waals surface area contributed by atoms with Crippen molar-refractivity contribution in [3.05, 3.63) is 88.4 Å². The Morgan fingerprint density at radius 1 is 0.885 bits per heavy atom. The number of hydrogen-bond donors (Lipinski definition) is 1. The maximum atomic E-state index is 6.44. The average molecular weight is 358 g/mol. The van der Waals surface area contributed by atoms with Gasteiger partial charge in [0, 0.05) is 23.2 Å².